The Morgan fingerprint density at radius 2 is 1.57 bits per heavy atom. The lowest BCUT2D eigenvalue weighted by Gasteiger charge is -2.34. The number of fused-ring (bicyclic) bond motifs is 1. The van der Waals surface area contributed by atoms with Crippen molar-refractivity contribution < 1.29 is 9.18 Å². The predicted molar refractivity (Wildman–Crippen MR) is 120 cm³/mol. The van der Waals surface area contributed by atoms with Crippen LogP contribution in [0.3, 0.4) is 0 Å². The first-order chi connectivity index (χ1) is 14.7. The van der Waals surface area contributed by atoms with E-state index in [9.17, 15) is 9.18 Å². The van der Waals surface area contributed by atoms with E-state index in [0.29, 0.717) is 18.7 Å². The van der Waals surface area contributed by atoms with Crippen LogP contribution in [-0.4, -0.2) is 42.0 Å². The minimum Gasteiger partial charge on any atom is -0.345 e. The van der Waals surface area contributed by atoms with E-state index in [0.717, 1.165) is 39.6 Å². The Balaban J connectivity index is 1.25. The van der Waals surface area contributed by atoms with Crippen molar-refractivity contribution in [1.82, 2.24) is 9.88 Å². The van der Waals surface area contributed by atoms with Gasteiger partial charge in [0.2, 0.25) is 0 Å². The molecule has 1 aliphatic rings. The number of carbonyl (C=O) groups excluding carboxylic acids is 1. The van der Waals surface area contributed by atoms with Gasteiger partial charge in [0, 0.05) is 31.7 Å². The van der Waals surface area contributed by atoms with Crippen LogP contribution in [0.4, 0.5) is 9.52 Å². The van der Waals surface area contributed by atoms with Gasteiger partial charge in [0.25, 0.3) is 5.91 Å². The van der Waals surface area contributed by atoms with Gasteiger partial charge in [-0.25, -0.2) is 9.37 Å². The average molecular weight is 418 g/mol. The van der Waals surface area contributed by atoms with Crippen LogP contribution in [0.1, 0.15) is 10.4 Å². The molecule has 1 aliphatic heterocycles. The third-order valence-electron chi connectivity index (χ3n) is 5.42. The van der Waals surface area contributed by atoms with Crippen LogP contribution in [0, 0.1) is 5.82 Å². The maximum atomic E-state index is 13.4. The highest BCUT2D eigenvalue weighted by Gasteiger charge is 2.24. The van der Waals surface area contributed by atoms with Crippen LogP contribution in [0.15, 0.2) is 72.8 Å². The average Bonchev–Trinajstić information content (AvgIpc) is 3.23. The highest BCUT2D eigenvalue weighted by atomic mass is 32.1. The molecule has 4 aromatic rings. The van der Waals surface area contributed by atoms with Crippen molar-refractivity contribution in [3.05, 3.63) is 84.2 Å². The second-order valence-electron chi connectivity index (χ2n) is 7.33. The molecule has 1 fully saturated rings. The summed E-state index contributed by atoms with van der Waals surface area (Å²) in [6, 6.07) is 22.6. The minimum absolute atomic E-state index is 0.0561. The number of rotatable bonds is 3. The summed E-state index contributed by atoms with van der Waals surface area (Å²) in [5, 5.41) is 0.884. The smallest absolute Gasteiger partial charge is 0.253 e. The molecule has 0 unspecified atom stereocenters. The second kappa shape index (κ2) is 7.88. The second-order valence-corrected chi connectivity index (χ2v) is 8.34. The van der Waals surface area contributed by atoms with Crippen molar-refractivity contribution in [3.63, 3.8) is 0 Å². The van der Waals surface area contributed by atoms with E-state index in [2.05, 4.69) is 22.0 Å². The summed E-state index contributed by atoms with van der Waals surface area (Å²) in [7, 11) is 0. The zero-order valence-corrected chi connectivity index (χ0v) is 17.1. The largest absolute Gasteiger partial charge is 0.345 e. The van der Waals surface area contributed by atoms with Gasteiger partial charge in [0.15, 0.2) is 5.13 Å². The van der Waals surface area contributed by atoms with E-state index in [-0.39, 0.29) is 11.7 Å². The lowest BCUT2D eigenvalue weighted by Crippen LogP contribution is -2.48. The summed E-state index contributed by atoms with van der Waals surface area (Å²) in [6.07, 6.45) is 0. The molecule has 4 nitrogen and oxygen atoms in total. The number of nitrogens with zero attached hydrogens (tertiary/aromatic N) is 3. The van der Waals surface area contributed by atoms with Crippen LogP contribution in [0.2, 0.25) is 0 Å². The first kappa shape index (κ1) is 18.8. The Morgan fingerprint density at radius 1 is 0.867 bits per heavy atom. The third kappa shape index (κ3) is 3.66. The summed E-state index contributed by atoms with van der Waals surface area (Å²) in [5.41, 5.74) is 3.76. The van der Waals surface area contributed by atoms with Gasteiger partial charge in [-0.05, 0) is 41.5 Å². The monoisotopic (exact) mass is 417 g/mol. The molecule has 0 atom stereocenters. The van der Waals surface area contributed by atoms with E-state index in [1.165, 1.54) is 23.5 Å². The summed E-state index contributed by atoms with van der Waals surface area (Å²) in [4.78, 5) is 21.6. The summed E-state index contributed by atoms with van der Waals surface area (Å²) >= 11 is 1.49. The molecule has 5 rings (SSSR count). The molecule has 0 radical (unpaired) electrons. The van der Waals surface area contributed by atoms with Crippen molar-refractivity contribution >= 4 is 32.6 Å². The summed E-state index contributed by atoms with van der Waals surface area (Å²) in [6.45, 7) is 2.72. The molecule has 1 amide bonds. The van der Waals surface area contributed by atoms with Gasteiger partial charge in [0.1, 0.15) is 5.82 Å². The number of hydrogen-bond donors (Lipinski definition) is 0. The first-order valence-electron chi connectivity index (χ1n) is 9.93. The molecule has 1 saturated heterocycles. The van der Waals surface area contributed by atoms with Crippen LogP contribution in [0.25, 0.3) is 21.3 Å². The fraction of sp³-hybridized carbons (Fsp3) is 0.167. The molecule has 3 aromatic carbocycles. The van der Waals surface area contributed by atoms with Gasteiger partial charge in [-0.2, -0.15) is 0 Å². The van der Waals surface area contributed by atoms with Crippen molar-refractivity contribution in [2.45, 2.75) is 0 Å². The molecule has 1 aromatic heterocycles. The number of carbonyl (C=O) groups is 1. The van der Waals surface area contributed by atoms with Crippen molar-refractivity contribution in [2.24, 2.45) is 0 Å². The Labute approximate surface area is 178 Å². The van der Waals surface area contributed by atoms with Gasteiger partial charge in [-0.1, -0.05) is 53.8 Å². The van der Waals surface area contributed by atoms with Gasteiger partial charge in [0.05, 0.1) is 10.2 Å². The van der Waals surface area contributed by atoms with Crippen LogP contribution in [0.5, 0.6) is 0 Å². The third-order valence-corrected chi connectivity index (χ3v) is 6.49. The van der Waals surface area contributed by atoms with E-state index >= 15 is 0 Å². The molecule has 0 aliphatic carbocycles. The zero-order valence-electron chi connectivity index (χ0n) is 16.3. The zero-order chi connectivity index (χ0) is 20.5. The topological polar surface area (TPSA) is 36.4 Å². The maximum absolute atomic E-state index is 13.4. The lowest BCUT2D eigenvalue weighted by molar-refractivity contribution is 0.0747. The van der Waals surface area contributed by atoms with E-state index in [1.54, 1.807) is 6.07 Å². The molecule has 150 valence electrons. The SMILES string of the molecule is O=C(c1ccc(-c2ccccc2)cc1)N1CCN(c2nc3ccc(F)cc3s2)CC1. The number of amides is 1. The van der Waals surface area contributed by atoms with Crippen molar-refractivity contribution in [3.8, 4) is 11.1 Å². The molecule has 2 heterocycles. The van der Waals surface area contributed by atoms with Gasteiger partial charge >= 0.3 is 0 Å². The van der Waals surface area contributed by atoms with E-state index in [1.807, 2.05) is 47.4 Å². The van der Waals surface area contributed by atoms with Crippen LogP contribution < -0.4 is 4.90 Å². The number of piperazine rings is 1. The summed E-state index contributed by atoms with van der Waals surface area (Å²) < 4.78 is 14.3. The number of aromatic nitrogens is 1. The Kier molecular flexibility index (Phi) is 4.93. The Hall–Kier alpha value is -3.25. The molecular formula is C24H20FN3OS. The fourth-order valence-electron chi connectivity index (χ4n) is 3.74. The van der Waals surface area contributed by atoms with E-state index < -0.39 is 0 Å². The molecule has 6 heteroatoms. The molecule has 0 bridgehead atoms. The summed E-state index contributed by atoms with van der Waals surface area (Å²) in [5.74, 6) is -0.188. The lowest BCUT2D eigenvalue weighted by atomic mass is 10.0. The molecular weight excluding hydrogens is 397 g/mol. The number of thiazole rings is 1. The number of hydrogen-bond acceptors (Lipinski definition) is 4. The Bertz CT molecular complexity index is 1180. The predicted octanol–water partition coefficient (Wildman–Crippen LogP) is 5.06. The number of benzene rings is 3. The van der Waals surface area contributed by atoms with Crippen LogP contribution in [-0.2, 0) is 0 Å². The van der Waals surface area contributed by atoms with Gasteiger partial charge < -0.3 is 9.80 Å². The normalized spacial score (nSPS) is 14.3. The first-order valence-corrected chi connectivity index (χ1v) is 10.7. The molecule has 0 saturated carbocycles. The maximum Gasteiger partial charge on any atom is 0.253 e. The highest BCUT2D eigenvalue weighted by Crippen LogP contribution is 2.30. The number of anilines is 1. The highest BCUT2D eigenvalue weighted by molar-refractivity contribution is 7.22. The molecule has 30 heavy (non-hydrogen) atoms. The Morgan fingerprint density at radius 3 is 2.30 bits per heavy atom. The van der Waals surface area contributed by atoms with Gasteiger partial charge in [-0.15, -0.1) is 0 Å². The molecule has 0 N–H and O–H groups in total. The fourth-order valence-corrected chi connectivity index (χ4v) is 4.78. The van der Waals surface area contributed by atoms with E-state index in [4.69, 9.17) is 0 Å². The molecule has 0 spiro atoms. The number of halogens is 1. The van der Waals surface area contributed by atoms with Crippen LogP contribution >= 0.6 is 11.3 Å². The minimum atomic E-state index is -0.244. The quantitative estimate of drug-likeness (QED) is 0.467. The van der Waals surface area contributed by atoms with Gasteiger partial charge in [-0.3, -0.25) is 4.79 Å². The van der Waals surface area contributed by atoms with Crippen molar-refractivity contribution in [2.75, 3.05) is 31.1 Å². The standard InChI is InChI=1S/C24H20FN3OS/c25-20-10-11-21-22(16-20)30-24(26-21)28-14-12-27(13-15-28)23(29)19-8-6-18(7-9-19)17-4-2-1-3-5-17/h1-11,16H,12-15H2. The van der Waals surface area contributed by atoms with Crippen molar-refractivity contribution in [1.29, 1.82) is 0 Å².